The zero-order valence-electron chi connectivity index (χ0n) is 21.4. The number of hydrogen-bond donors (Lipinski definition) is 3. The summed E-state index contributed by atoms with van der Waals surface area (Å²) < 4.78 is 22.2. The van der Waals surface area contributed by atoms with Crippen molar-refractivity contribution in [3.05, 3.63) is 35.7 Å². The van der Waals surface area contributed by atoms with E-state index in [0.29, 0.717) is 5.69 Å². The van der Waals surface area contributed by atoms with E-state index in [1.165, 1.54) is 10.9 Å². The summed E-state index contributed by atoms with van der Waals surface area (Å²) in [4.78, 5) is 28.6. The molecule has 2 amide bonds. The fourth-order valence-electron chi connectivity index (χ4n) is 3.98. The molecule has 0 saturated heterocycles. The Labute approximate surface area is 194 Å². The third kappa shape index (κ3) is 3.65. The molecular formula is C22H25N9O2. The Balaban J connectivity index is 1.56. The van der Waals surface area contributed by atoms with E-state index in [1.54, 1.807) is 7.05 Å². The van der Waals surface area contributed by atoms with Crippen molar-refractivity contribution < 1.29 is 13.7 Å². The summed E-state index contributed by atoms with van der Waals surface area (Å²) in [6, 6.07) is 7.01. The van der Waals surface area contributed by atoms with Crippen LogP contribution < -0.4 is 20.9 Å². The number of nitrogens with zero attached hydrogens (tertiary/aromatic N) is 6. The van der Waals surface area contributed by atoms with Crippen molar-refractivity contribution in [1.82, 2.24) is 30.5 Å². The first-order valence-corrected chi connectivity index (χ1v) is 10.6. The quantitative estimate of drug-likeness (QED) is 0.540. The Morgan fingerprint density at radius 2 is 1.97 bits per heavy atom. The zero-order chi connectivity index (χ0) is 25.8. The number of carbonyl (C=O) groups excluding carboxylic acids is 2. The van der Waals surface area contributed by atoms with E-state index < -0.39 is 12.9 Å². The molecule has 2 aliphatic rings. The molecular weight excluding hydrogens is 422 g/mol. The van der Waals surface area contributed by atoms with Gasteiger partial charge in [0.25, 0.3) is 5.91 Å². The van der Waals surface area contributed by atoms with E-state index in [9.17, 15) is 9.59 Å². The minimum absolute atomic E-state index is 0.0563. The molecule has 1 atom stereocenters. The molecule has 1 aromatic carbocycles. The highest BCUT2D eigenvalue weighted by molar-refractivity contribution is 6.01. The van der Waals surface area contributed by atoms with Gasteiger partial charge in [-0.1, -0.05) is 12.1 Å². The Bertz CT molecular complexity index is 1370. The highest BCUT2D eigenvalue weighted by Gasteiger charge is 2.33. The number of carbonyl (C=O) groups is 2. The predicted molar refractivity (Wildman–Crippen MR) is 123 cm³/mol. The van der Waals surface area contributed by atoms with Crippen molar-refractivity contribution in [1.29, 1.82) is 0 Å². The number of aryl methyl sites for hydroxylation is 1. The number of nitrogens with one attached hydrogen (secondary N) is 3. The summed E-state index contributed by atoms with van der Waals surface area (Å²) in [6.07, 6.45) is 1.63. The van der Waals surface area contributed by atoms with E-state index in [-0.39, 0.29) is 35.1 Å². The number of benzene rings is 1. The largest absolute Gasteiger partial charge is 0.364 e. The normalized spacial score (nSPS) is 18.3. The van der Waals surface area contributed by atoms with E-state index in [1.807, 2.05) is 42.4 Å². The number of fused-ring (bicyclic) bond motifs is 3. The lowest BCUT2D eigenvalue weighted by Crippen LogP contribution is -2.27. The first kappa shape index (κ1) is 17.5. The van der Waals surface area contributed by atoms with Gasteiger partial charge < -0.3 is 20.9 Å². The summed E-state index contributed by atoms with van der Waals surface area (Å²) >= 11 is 0. The lowest BCUT2D eigenvalue weighted by atomic mass is 9.96. The topological polar surface area (TPSA) is 130 Å². The number of amides is 2. The first-order chi connectivity index (χ1) is 17.0. The Kier molecular flexibility index (Phi) is 4.16. The van der Waals surface area contributed by atoms with E-state index in [2.05, 4.69) is 31.0 Å². The van der Waals surface area contributed by atoms with Gasteiger partial charge in [-0.05, 0) is 25.8 Å². The molecule has 11 nitrogen and oxygen atoms in total. The molecule has 3 aromatic rings. The van der Waals surface area contributed by atoms with Crippen LogP contribution >= 0.6 is 0 Å². The van der Waals surface area contributed by atoms with Crippen LogP contribution in [0.2, 0.25) is 0 Å². The second-order valence-electron chi connectivity index (χ2n) is 8.25. The van der Waals surface area contributed by atoms with Crippen LogP contribution in [0.5, 0.6) is 0 Å². The molecule has 1 saturated carbocycles. The third-order valence-electron chi connectivity index (χ3n) is 5.95. The average Bonchev–Trinajstić information content (AvgIpc) is 3.58. The molecule has 0 radical (unpaired) electrons. The number of para-hydroxylation sites is 1. The Morgan fingerprint density at radius 1 is 1.15 bits per heavy atom. The van der Waals surface area contributed by atoms with Crippen LogP contribution in [0.25, 0.3) is 11.3 Å². The minimum Gasteiger partial charge on any atom is -0.364 e. The van der Waals surface area contributed by atoms with Gasteiger partial charge in [0.2, 0.25) is 5.91 Å². The summed E-state index contributed by atoms with van der Waals surface area (Å²) in [6.45, 7) is -0.694. The molecule has 1 aliphatic carbocycles. The van der Waals surface area contributed by atoms with Crippen molar-refractivity contribution in [2.24, 2.45) is 13.0 Å². The summed E-state index contributed by atoms with van der Waals surface area (Å²) in [5.41, 5.74) is 3.87. The fraction of sp³-hybridized carbons (Fsp3) is 0.364. The van der Waals surface area contributed by atoms with Crippen LogP contribution in [0, 0.1) is 5.92 Å². The van der Waals surface area contributed by atoms with E-state index in [4.69, 9.17) is 4.11 Å². The van der Waals surface area contributed by atoms with Crippen LogP contribution in [-0.2, 0) is 11.8 Å². The minimum atomic E-state index is -2.71. The van der Waals surface area contributed by atoms with Gasteiger partial charge in [-0.2, -0.15) is 15.0 Å². The van der Waals surface area contributed by atoms with Crippen molar-refractivity contribution in [3.63, 3.8) is 0 Å². The van der Waals surface area contributed by atoms with E-state index >= 15 is 0 Å². The molecule has 3 N–H and O–H groups in total. The van der Waals surface area contributed by atoms with Crippen LogP contribution in [0.3, 0.4) is 0 Å². The fourth-order valence-corrected chi connectivity index (χ4v) is 3.98. The smallest absolute Gasteiger partial charge is 0.273 e. The highest BCUT2D eigenvalue weighted by Crippen LogP contribution is 2.46. The van der Waals surface area contributed by atoms with Crippen molar-refractivity contribution in [3.8, 4) is 11.3 Å². The number of hydrogen-bond acceptors (Lipinski definition) is 8. The van der Waals surface area contributed by atoms with Crippen molar-refractivity contribution in [2.45, 2.75) is 25.8 Å². The zero-order valence-corrected chi connectivity index (χ0v) is 18.4. The molecule has 3 heterocycles. The summed E-state index contributed by atoms with van der Waals surface area (Å²) in [7, 11) is 3.70. The Morgan fingerprint density at radius 3 is 2.73 bits per heavy atom. The highest BCUT2D eigenvalue weighted by atomic mass is 16.2. The van der Waals surface area contributed by atoms with Gasteiger partial charge >= 0.3 is 0 Å². The van der Waals surface area contributed by atoms with Gasteiger partial charge in [0.15, 0.2) is 11.5 Å². The van der Waals surface area contributed by atoms with Crippen LogP contribution in [-0.4, -0.2) is 51.0 Å². The molecule has 2 aromatic heterocycles. The summed E-state index contributed by atoms with van der Waals surface area (Å²) in [5.74, 6) is -0.995. The van der Waals surface area contributed by atoms with Crippen LogP contribution in [0.1, 0.15) is 46.1 Å². The maximum Gasteiger partial charge on any atom is 0.273 e. The maximum atomic E-state index is 12.8. The van der Waals surface area contributed by atoms with Gasteiger partial charge in [0, 0.05) is 42.7 Å². The maximum absolute atomic E-state index is 12.8. The third-order valence-corrected chi connectivity index (χ3v) is 5.95. The standard InChI is InChI=1S/C22H25N9O2/c1-11-17-18(29-31(4)28-17)13-6-5-7-14(20(13)30(11)3)24-15-10-16(25-21(32)12-8-9-12)26-27-19(15)22(33)23-2/h5-7,10-12H,8-9H2,1-4H3,(H,23,33)(H2,24,25,26,32)/t11-/m1/s1/i2D3. The molecule has 170 valence electrons. The molecule has 0 unspecified atom stereocenters. The van der Waals surface area contributed by atoms with Gasteiger partial charge in [0.05, 0.1) is 23.1 Å². The predicted octanol–water partition coefficient (Wildman–Crippen LogP) is 2.23. The van der Waals surface area contributed by atoms with Gasteiger partial charge in [0.1, 0.15) is 11.4 Å². The number of aromatic nitrogens is 5. The van der Waals surface area contributed by atoms with Gasteiger partial charge in [-0.15, -0.1) is 10.2 Å². The van der Waals surface area contributed by atoms with E-state index in [0.717, 1.165) is 35.5 Å². The molecule has 1 aliphatic heterocycles. The molecule has 33 heavy (non-hydrogen) atoms. The van der Waals surface area contributed by atoms with Crippen LogP contribution in [0.15, 0.2) is 24.3 Å². The molecule has 0 spiro atoms. The lowest BCUT2D eigenvalue weighted by molar-refractivity contribution is -0.117. The van der Waals surface area contributed by atoms with Gasteiger partial charge in [-0.25, -0.2) is 0 Å². The number of anilines is 4. The van der Waals surface area contributed by atoms with Crippen molar-refractivity contribution >= 4 is 34.7 Å². The molecule has 0 bridgehead atoms. The second-order valence-corrected chi connectivity index (χ2v) is 8.25. The monoisotopic (exact) mass is 450 g/mol. The van der Waals surface area contributed by atoms with Gasteiger partial charge in [-0.3, -0.25) is 9.59 Å². The summed E-state index contributed by atoms with van der Waals surface area (Å²) in [5, 5.41) is 24.8. The second kappa shape index (κ2) is 7.84. The van der Waals surface area contributed by atoms with Crippen LogP contribution in [0.4, 0.5) is 22.9 Å². The molecule has 11 heteroatoms. The number of rotatable bonds is 5. The lowest BCUT2D eigenvalue weighted by Gasteiger charge is -2.34. The first-order valence-electron chi connectivity index (χ1n) is 12.1. The Hall–Kier alpha value is -4.02. The molecule has 5 rings (SSSR count). The molecule has 1 fully saturated rings. The SMILES string of the molecule is [2H]C([2H])([2H])NC(=O)c1nnc(NC(=O)C2CC2)cc1Nc1cccc2c1N(C)[C@H](C)c1nn(C)nc1-2. The average molecular weight is 451 g/mol. The van der Waals surface area contributed by atoms with Crippen molar-refractivity contribution in [2.75, 3.05) is 29.6 Å².